The highest BCUT2D eigenvalue weighted by molar-refractivity contribution is 5.87. The van der Waals surface area contributed by atoms with Crippen LogP contribution in [-0.4, -0.2) is 17.4 Å². The summed E-state index contributed by atoms with van der Waals surface area (Å²) in [4.78, 5) is 24.8. The van der Waals surface area contributed by atoms with E-state index < -0.39 is 5.60 Å². The molecule has 1 unspecified atom stereocenters. The van der Waals surface area contributed by atoms with Crippen molar-refractivity contribution in [2.45, 2.75) is 78.7 Å². The van der Waals surface area contributed by atoms with E-state index >= 15 is 0 Å². The van der Waals surface area contributed by atoms with Crippen LogP contribution in [0, 0.1) is 29.1 Å². The zero-order chi connectivity index (χ0) is 17.7. The van der Waals surface area contributed by atoms with Crippen LogP contribution >= 0.6 is 0 Å². The molecule has 1 aliphatic heterocycles. The van der Waals surface area contributed by atoms with Crippen molar-refractivity contribution in [3.63, 3.8) is 0 Å². The van der Waals surface area contributed by atoms with Gasteiger partial charge in [0.25, 0.3) is 0 Å². The molecule has 3 rings (SSSR count). The van der Waals surface area contributed by atoms with Gasteiger partial charge in [-0.1, -0.05) is 25.5 Å². The molecular formula is C21H32O3. The molecule has 1 saturated heterocycles. The van der Waals surface area contributed by atoms with Crippen molar-refractivity contribution in [3.05, 3.63) is 11.6 Å². The lowest BCUT2D eigenvalue weighted by molar-refractivity contribution is -0.156. The Bertz CT molecular complexity index is 574. The average molecular weight is 332 g/mol. The molecule has 0 N–H and O–H groups in total. The number of hydrogen-bond acceptors (Lipinski definition) is 3. The molecule has 3 fully saturated rings. The van der Waals surface area contributed by atoms with Crippen LogP contribution in [0.4, 0.5) is 0 Å². The summed E-state index contributed by atoms with van der Waals surface area (Å²) in [6, 6.07) is 0. The number of allylic oxidation sites excluding steroid dienone is 2. The smallest absolute Gasteiger partial charge is 0.306 e. The third-order valence-corrected chi connectivity index (χ3v) is 7.27. The van der Waals surface area contributed by atoms with Crippen molar-refractivity contribution in [2.75, 3.05) is 0 Å². The van der Waals surface area contributed by atoms with Crippen LogP contribution < -0.4 is 0 Å². The lowest BCUT2D eigenvalue weighted by atomic mass is 9.55. The molecule has 0 bridgehead atoms. The van der Waals surface area contributed by atoms with Gasteiger partial charge in [0.15, 0.2) is 0 Å². The molecule has 1 heterocycles. The van der Waals surface area contributed by atoms with Gasteiger partial charge in [-0.15, -0.1) is 0 Å². The Kier molecular flexibility index (Phi) is 4.42. The third-order valence-electron chi connectivity index (χ3n) is 7.27. The van der Waals surface area contributed by atoms with E-state index in [1.807, 2.05) is 6.92 Å². The first kappa shape index (κ1) is 17.7. The Morgan fingerprint density at radius 3 is 2.62 bits per heavy atom. The molecule has 3 aliphatic rings. The molecule has 2 aliphatic carbocycles. The number of ketones is 1. The fourth-order valence-corrected chi connectivity index (χ4v) is 5.88. The minimum Gasteiger partial charge on any atom is -0.459 e. The molecule has 0 aromatic carbocycles. The van der Waals surface area contributed by atoms with E-state index in [4.69, 9.17) is 4.74 Å². The number of fused-ring (bicyclic) bond motifs is 3. The summed E-state index contributed by atoms with van der Waals surface area (Å²) in [6.45, 7) is 10.9. The van der Waals surface area contributed by atoms with Gasteiger partial charge >= 0.3 is 5.97 Å². The van der Waals surface area contributed by atoms with Gasteiger partial charge < -0.3 is 4.74 Å². The second-order valence-corrected chi connectivity index (χ2v) is 9.19. The van der Waals surface area contributed by atoms with Gasteiger partial charge in [0.1, 0.15) is 11.4 Å². The van der Waals surface area contributed by atoms with Gasteiger partial charge in [0.05, 0.1) is 6.42 Å². The molecule has 2 saturated carbocycles. The monoisotopic (exact) mass is 332 g/mol. The second kappa shape index (κ2) is 6.00. The number of ether oxygens (including phenoxy) is 1. The van der Waals surface area contributed by atoms with Crippen molar-refractivity contribution >= 4 is 11.8 Å². The van der Waals surface area contributed by atoms with Crippen LogP contribution in [0.5, 0.6) is 0 Å². The van der Waals surface area contributed by atoms with Crippen LogP contribution in [0.1, 0.15) is 73.1 Å². The maximum Gasteiger partial charge on any atom is 0.306 e. The number of rotatable bonds is 4. The van der Waals surface area contributed by atoms with Gasteiger partial charge in [-0.05, 0) is 63.7 Å². The van der Waals surface area contributed by atoms with Gasteiger partial charge in [-0.3, -0.25) is 9.59 Å². The van der Waals surface area contributed by atoms with Crippen LogP contribution in [0.2, 0.25) is 0 Å². The van der Waals surface area contributed by atoms with Crippen molar-refractivity contribution in [1.82, 2.24) is 0 Å². The topological polar surface area (TPSA) is 43.4 Å². The summed E-state index contributed by atoms with van der Waals surface area (Å²) in [5.74, 6) is 1.36. The van der Waals surface area contributed by atoms with Gasteiger partial charge in [0, 0.05) is 18.3 Å². The standard InChI is InChI=1S/C21H32O3/c1-13(2)7-6-8-14(3)15-11-17(22)19-16-12-18(23)24-21(16,5)10-9-20(15,19)4/h7,14-16,19H,6,8-12H2,1-5H3/t14-,15?,16-,19+,20-,21+/m1/s1. The SMILES string of the molecule is CC(C)=CCC[C@@H](C)C1CC(=O)[C@@H]2[C@H]3CC(=O)O[C@@]3(C)CC[C@]12C. The Morgan fingerprint density at radius 1 is 1.25 bits per heavy atom. The van der Waals surface area contributed by atoms with E-state index in [-0.39, 0.29) is 23.2 Å². The highest BCUT2D eigenvalue weighted by Gasteiger charge is 2.65. The molecule has 0 amide bonds. The number of carbonyl (C=O) groups excluding carboxylic acids is 2. The quantitative estimate of drug-likeness (QED) is 0.554. The van der Waals surface area contributed by atoms with Crippen LogP contribution in [0.3, 0.4) is 0 Å². The largest absolute Gasteiger partial charge is 0.459 e. The molecule has 24 heavy (non-hydrogen) atoms. The minimum atomic E-state index is -0.406. The minimum absolute atomic E-state index is 0.0126. The molecule has 3 nitrogen and oxygen atoms in total. The van der Waals surface area contributed by atoms with E-state index in [1.54, 1.807) is 0 Å². The third kappa shape index (κ3) is 2.74. The Labute approximate surface area is 146 Å². The molecule has 6 atom stereocenters. The Balaban J connectivity index is 1.80. The molecule has 3 heteroatoms. The zero-order valence-electron chi connectivity index (χ0n) is 15.9. The summed E-state index contributed by atoms with van der Waals surface area (Å²) in [5, 5.41) is 0. The lowest BCUT2D eigenvalue weighted by Gasteiger charge is -2.49. The Hall–Kier alpha value is -1.12. The van der Waals surface area contributed by atoms with Crippen molar-refractivity contribution in [1.29, 1.82) is 0 Å². The summed E-state index contributed by atoms with van der Waals surface area (Å²) < 4.78 is 5.64. The predicted octanol–water partition coefficient (Wildman–Crippen LogP) is 4.70. The van der Waals surface area contributed by atoms with E-state index in [0.29, 0.717) is 30.5 Å². The highest BCUT2D eigenvalue weighted by atomic mass is 16.6. The fraction of sp³-hybridized carbons (Fsp3) is 0.810. The Morgan fingerprint density at radius 2 is 1.96 bits per heavy atom. The summed E-state index contributed by atoms with van der Waals surface area (Å²) >= 11 is 0. The normalized spacial score (nSPS) is 42.3. The van der Waals surface area contributed by atoms with E-state index in [1.165, 1.54) is 5.57 Å². The van der Waals surface area contributed by atoms with Crippen LogP contribution in [-0.2, 0) is 14.3 Å². The van der Waals surface area contributed by atoms with Gasteiger partial charge in [-0.2, -0.15) is 0 Å². The van der Waals surface area contributed by atoms with E-state index in [2.05, 4.69) is 33.8 Å². The fourth-order valence-electron chi connectivity index (χ4n) is 5.88. The predicted molar refractivity (Wildman–Crippen MR) is 94.4 cm³/mol. The van der Waals surface area contributed by atoms with Gasteiger partial charge in [0.2, 0.25) is 0 Å². The molecule has 134 valence electrons. The van der Waals surface area contributed by atoms with Crippen molar-refractivity contribution in [3.8, 4) is 0 Å². The molecule has 0 aromatic rings. The summed E-state index contributed by atoms with van der Waals surface area (Å²) in [7, 11) is 0. The highest BCUT2D eigenvalue weighted by Crippen LogP contribution is 2.63. The first-order valence-electron chi connectivity index (χ1n) is 9.55. The lowest BCUT2D eigenvalue weighted by Crippen LogP contribution is -2.50. The van der Waals surface area contributed by atoms with Crippen molar-refractivity contribution in [2.24, 2.45) is 29.1 Å². The van der Waals surface area contributed by atoms with Gasteiger partial charge in [-0.25, -0.2) is 0 Å². The zero-order valence-corrected chi connectivity index (χ0v) is 15.9. The van der Waals surface area contributed by atoms with E-state index in [9.17, 15) is 9.59 Å². The molecule has 0 aromatic heterocycles. The van der Waals surface area contributed by atoms with Crippen molar-refractivity contribution < 1.29 is 14.3 Å². The first-order chi connectivity index (χ1) is 11.2. The molecule has 0 radical (unpaired) electrons. The number of esters is 1. The first-order valence-corrected chi connectivity index (χ1v) is 9.55. The molecular weight excluding hydrogens is 300 g/mol. The summed E-state index contributed by atoms with van der Waals surface area (Å²) in [5.41, 5.74) is 1.00. The molecule has 0 spiro atoms. The van der Waals surface area contributed by atoms with Crippen LogP contribution in [0.15, 0.2) is 11.6 Å². The summed E-state index contributed by atoms with van der Waals surface area (Å²) in [6.07, 6.45) is 7.57. The average Bonchev–Trinajstić information content (AvgIpc) is 2.91. The number of carbonyl (C=O) groups is 2. The van der Waals surface area contributed by atoms with E-state index in [0.717, 1.165) is 25.7 Å². The maximum absolute atomic E-state index is 12.9. The number of Topliss-reactive ketones (excluding diaryl/α,β-unsaturated/α-hetero) is 1. The second-order valence-electron chi connectivity index (χ2n) is 9.19. The number of hydrogen-bond donors (Lipinski definition) is 0. The maximum atomic E-state index is 12.9. The van der Waals surface area contributed by atoms with Crippen LogP contribution in [0.25, 0.3) is 0 Å².